The van der Waals surface area contributed by atoms with Gasteiger partial charge in [-0.1, -0.05) is 30.3 Å². The predicted octanol–water partition coefficient (Wildman–Crippen LogP) is 3.94. The van der Waals surface area contributed by atoms with Gasteiger partial charge in [-0.25, -0.2) is 0 Å². The topological polar surface area (TPSA) is 43.4 Å². The highest BCUT2D eigenvalue weighted by Gasteiger charge is 2.16. The van der Waals surface area contributed by atoms with Crippen LogP contribution in [0.15, 0.2) is 41.8 Å². The second-order valence-corrected chi connectivity index (χ2v) is 5.17. The van der Waals surface area contributed by atoms with Gasteiger partial charge in [0.1, 0.15) is 0 Å². The first kappa shape index (κ1) is 14.5. The molecule has 2 aromatic rings. The number of ether oxygens (including phenoxy) is 1. The number of thiophene rings is 1. The maximum atomic E-state index is 12.2. The molecule has 0 aliphatic carbocycles. The lowest BCUT2D eigenvalue weighted by molar-refractivity contribution is -0.143. The minimum atomic E-state index is -0.321. The molecule has 0 saturated carbocycles. The molecule has 0 radical (unpaired) electrons. The zero-order valence-electron chi connectivity index (χ0n) is 11.3. The van der Waals surface area contributed by atoms with Crippen LogP contribution in [0.1, 0.15) is 29.4 Å². The van der Waals surface area contributed by atoms with Crippen LogP contribution in [-0.2, 0) is 9.53 Å². The first-order chi connectivity index (χ1) is 9.72. The van der Waals surface area contributed by atoms with E-state index in [0.717, 1.165) is 11.1 Å². The van der Waals surface area contributed by atoms with Gasteiger partial charge in [0.25, 0.3) is 0 Å². The van der Waals surface area contributed by atoms with E-state index in [1.54, 1.807) is 6.92 Å². The fourth-order valence-electron chi connectivity index (χ4n) is 1.93. The molecule has 0 amide bonds. The molecule has 0 atom stereocenters. The van der Waals surface area contributed by atoms with Crippen molar-refractivity contribution >= 4 is 23.1 Å². The van der Waals surface area contributed by atoms with Crippen molar-refractivity contribution in [3.63, 3.8) is 0 Å². The summed E-state index contributed by atoms with van der Waals surface area (Å²) in [4.78, 5) is 24.2. The second-order valence-electron chi connectivity index (χ2n) is 4.26. The number of ketones is 1. The van der Waals surface area contributed by atoms with E-state index in [1.165, 1.54) is 11.3 Å². The molecule has 2 rings (SSSR count). The summed E-state index contributed by atoms with van der Waals surface area (Å²) >= 11 is 1.42. The molecule has 1 aromatic carbocycles. The highest BCUT2D eigenvalue weighted by atomic mass is 32.1. The molecule has 20 heavy (non-hydrogen) atoms. The Balaban J connectivity index is 2.08. The molecule has 0 fully saturated rings. The van der Waals surface area contributed by atoms with Gasteiger partial charge in [-0.3, -0.25) is 9.59 Å². The largest absolute Gasteiger partial charge is 0.466 e. The van der Waals surface area contributed by atoms with Crippen LogP contribution in [0.3, 0.4) is 0 Å². The van der Waals surface area contributed by atoms with Gasteiger partial charge in [0, 0.05) is 12.0 Å². The number of carbonyl (C=O) groups excluding carboxylic acids is 2. The monoisotopic (exact) mass is 288 g/mol. The molecule has 0 aliphatic rings. The van der Waals surface area contributed by atoms with Gasteiger partial charge in [-0.2, -0.15) is 0 Å². The fourth-order valence-corrected chi connectivity index (χ4v) is 2.82. The highest BCUT2D eigenvalue weighted by Crippen LogP contribution is 2.29. The number of esters is 1. The molecule has 0 bridgehead atoms. The van der Waals surface area contributed by atoms with Crippen molar-refractivity contribution in [1.29, 1.82) is 0 Å². The Morgan fingerprint density at radius 2 is 1.85 bits per heavy atom. The van der Waals surface area contributed by atoms with Crippen molar-refractivity contribution in [2.45, 2.75) is 19.8 Å². The van der Waals surface area contributed by atoms with Crippen LogP contribution in [0.4, 0.5) is 0 Å². The first-order valence-electron chi connectivity index (χ1n) is 6.54. The minimum absolute atomic E-state index is 0.00749. The van der Waals surface area contributed by atoms with Crippen LogP contribution in [0.2, 0.25) is 0 Å². The van der Waals surface area contributed by atoms with Gasteiger partial charge < -0.3 is 4.74 Å². The van der Waals surface area contributed by atoms with E-state index in [4.69, 9.17) is 4.74 Å². The molecule has 104 valence electrons. The predicted molar refractivity (Wildman–Crippen MR) is 80.0 cm³/mol. The Hall–Kier alpha value is -1.94. The molecule has 0 unspecified atom stereocenters. The van der Waals surface area contributed by atoms with E-state index in [0.29, 0.717) is 11.5 Å². The van der Waals surface area contributed by atoms with E-state index < -0.39 is 0 Å². The van der Waals surface area contributed by atoms with Crippen molar-refractivity contribution in [3.05, 3.63) is 46.7 Å². The maximum Gasteiger partial charge on any atom is 0.306 e. The second kappa shape index (κ2) is 7.01. The maximum absolute atomic E-state index is 12.2. The zero-order valence-corrected chi connectivity index (χ0v) is 12.1. The van der Waals surface area contributed by atoms with Crippen molar-refractivity contribution in [1.82, 2.24) is 0 Å². The first-order valence-corrected chi connectivity index (χ1v) is 7.42. The highest BCUT2D eigenvalue weighted by molar-refractivity contribution is 7.12. The molecule has 1 aromatic heterocycles. The van der Waals surface area contributed by atoms with Crippen molar-refractivity contribution in [3.8, 4) is 11.1 Å². The van der Waals surface area contributed by atoms with Crippen LogP contribution < -0.4 is 0 Å². The van der Waals surface area contributed by atoms with E-state index in [-0.39, 0.29) is 24.6 Å². The van der Waals surface area contributed by atoms with Crippen molar-refractivity contribution in [2.24, 2.45) is 0 Å². The number of carbonyl (C=O) groups is 2. The van der Waals surface area contributed by atoms with Gasteiger partial charge >= 0.3 is 5.97 Å². The summed E-state index contributed by atoms with van der Waals surface area (Å²) in [5, 5.41) is 1.90. The molecular weight excluding hydrogens is 272 g/mol. The Kier molecular flexibility index (Phi) is 5.07. The summed E-state index contributed by atoms with van der Waals surface area (Å²) in [5.41, 5.74) is 1.96. The molecular formula is C16H16O3S. The quantitative estimate of drug-likeness (QED) is 0.597. The SMILES string of the molecule is CCOC(=O)CCC(=O)c1sccc1-c1ccccc1. The van der Waals surface area contributed by atoms with Crippen LogP contribution in [0.25, 0.3) is 11.1 Å². The minimum Gasteiger partial charge on any atom is -0.466 e. The van der Waals surface area contributed by atoms with Crippen LogP contribution in [-0.4, -0.2) is 18.4 Å². The molecule has 0 saturated heterocycles. The Morgan fingerprint density at radius 3 is 2.55 bits per heavy atom. The van der Waals surface area contributed by atoms with Gasteiger partial charge in [0.2, 0.25) is 0 Å². The lowest BCUT2D eigenvalue weighted by Gasteiger charge is -2.04. The molecule has 1 heterocycles. The normalized spacial score (nSPS) is 10.2. The average molecular weight is 288 g/mol. The van der Waals surface area contributed by atoms with Crippen LogP contribution >= 0.6 is 11.3 Å². The van der Waals surface area contributed by atoms with E-state index in [1.807, 2.05) is 41.8 Å². The molecule has 0 aliphatic heterocycles. The molecule has 0 N–H and O–H groups in total. The van der Waals surface area contributed by atoms with E-state index in [9.17, 15) is 9.59 Å². The summed E-state index contributed by atoms with van der Waals surface area (Å²) in [6.45, 7) is 2.10. The standard InChI is InChI=1S/C16H16O3S/c1-2-19-15(18)9-8-14(17)16-13(10-11-20-16)12-6-4-3-5-7-12/h3-7,10-11H,2,8-9H2,1H3. The molecule has 3 nitrogen and oxygen atoms in total. The molecule has 4 heteroatoms. The number of hydrogen-bond acceptors (Lipinski definition) is 4. The summed E-state index contributed by atoms with van der Waals surface area (Å²) in [5.74, 6) is -0.328. The fraction of sp³-hybridized carbons (Fsp3) is 0.250. The lowest BCUT2D eigenvalue weighted by atomic mass is 10.0. The molecule has 0 spiro atoms. The zero-order chi connectivity index (χ0) is 14.4. The average Bonchev–Trinajstić information content (AvgIpc) is 2.95. The third-order valence-corrected chi connectivity index (χ3v) is 3.82. The number of hydrogen-bond donors (Lipinski definition) is 0. The third-order valence-electron chi connectivity index (χ3n) is 2.86. The summed E-state index contributed by atoms with van der Waals surface area (Å²) in [6.07, 6.45) is 0.331. The van der Waals surface area contributed by atoms with Gasteiger partial charge in [0.15, 0.2) is 5.78 Å². The smallest absolute Gasteiger partial charge is 0.306 e. The number of benzene rings is 1. The van der Waals surface area contributed by atoms with Gasteiger partial charge in [0.05, 0.1) is 17.9 Å². The lowest BCUT2D eigenvalue weighted by Crippen LogP contribution is -2.07. The number of Topliss-reactive ketones (excluding diaryl/α,β-unsaturated/α-hetero) is 1. The van der Waals surface area contributed by atoms with E-state index in [2.05, 4.69) is 0 Å². The van der Waals surface area contributed by atoms with Gasteiger partial charge in [-0.05, 0) is 23.9 Å². The Bertz CT molecular complexity index is 587. The third kappa shape index (κ3) is 3.54. The summed E-state index contributed by atoms with van der Waals surface area (Å²) in [6, 6.07) is 11.7. The van der Waals surface area contributed by atoms with Crippen molar-refractivity contribution in [2.75, 3.05) is 6.61 Å². The summed E-state index contributed by atoms with van der Waals surface area (Å²) in [7, 11) is 0. The Morgan fingerprint density at radius 1 is 1.10 bits per heavy atom. The van der Waals surface area contributed by atoms with Crippen LogP contribution in [0.5, 0.6) is 0 Å². The Labute approximate surface area is 122 Å². The van der Waals surface area contributed by atoms with Gasteiger partial charge in [-0.15, -0.1) is 11.3 Å². The summed E-state index contributed by atoms with van der Waals surface area (Å²) < 4.78 is 4.84. The van der Waals surface area contributed by atoms with Crippen LogP contribution in [0, 0.1) is 0 Å². The van der Waals surface area contributed by atoms with E-state index >= 15 is 0 Å². The number of rotatable bonds is 6. The van der Waals surface area contributed by atoms with Crippen molar-refractivity contribution < 1.29 is 14.3 Å².